The van der Waals surface area contributed by atoms with Crippen molar-refractivity contribution < 1.29 is 22.0 Å². The molecule has 1 N–H and O–H groups in total. The van der Waals surface area contributed by atoms with E-state index >= 15 is 0 Å². The van der Waals surface area contributed by atoms with Crippen LogP contribution in [0.2, 0.25) is 0 Å². The summed E-state index contributed by atoms with van der Waals surface area (Å²) in [7, 11) is -3.44. The van der Waals surface area contributed by atoms with Gasteiger partial charge < -0.3 is 4.90 Å². The summed E-state index contributed by atoms with van der Waals surface area (Å²) >= 11 is 0. The highest BCUT2D eigenvalue weighted by Crippen LogP contribution is 2.28. The van der Waals surface area contributed by atoms with Crippen molar-refractivity contribution in [1.82, 2.24) is 9.62 Å². The minimum absolute atomic E-state index is 0.0369. The molecule has 5 nitrogen and oxygen atoms in total. The van der Waals surface area contributed by atoms with E-state index in [1.54, 1.807) is 23.1 Å². The Morgan fingerprint density at radius 3 is 2.60 bits per heavy atom. The van der Waals surface area contributed by atoms with E-state index in [1.807, 2.05) is 19.9 Å². The lowest BCUT2D eigenvalue weighted by Crippen LogP contribution is -2.48. The van der Waals surface area contributed by atoms with E-state index in [1.165, 1.54) is 0 Å². The van der Waals surface area contributed by atoms with Crippen LogP contribution >= 0.6 is 0 Å². The molecule has 0 aliphatic carbocycles. The molecular weight excluding hydrogens is 410 g/mol. The molecule has 1 aliphatic rings. The van der Waals surface area contributed by atoms with Crippen LogP contribution in [0.4, 0.5) is 8.78 Å². The van der Waals surface area contributed by atoms with E-state index in [2.05, 4.69) is 4.72 Å². The van der Waals surface area contributed by atoms with Gasteiger partial charge in [-0.2, -0.15) is 0 Å². The molecule has 0 bridgehead atoms. The van der Waals surface area contributed by atoms with Crippen LogP contribution < -0.4 is 4.72 Å². The largest absolute Gasteiger partial charge is 0.337 e. The number of carbonyl (C=O) groups excluding carboxylic acids is 1. The van der Waals surface area contributed by atoms with Gasteiger partial charge in [0.2, 0.25) is 15.9 Å². The Morgan fingerprint density at radius 2 is 1.93 bits per heavy atom. The highest BCUT2D eigenvalue weighted by Gasteiger charge is 2.38. The van der Waals surface area contributed by atoms with E-state index in [0.717, 1.165) is 30.0 Å². The molecule has 1 fully saturated rings. The number of benzene rings is 2. The van der Waals surface area contributed by atoms with Crippen LogP contribution in [0.25, 0.3) is 11.1 Å². The summed E-state index contributed by atoms with van der Waals surface area (Å²) in [6.45, 7) is 4.08. The number of hydrogen-bond acceptors (Lipinski definition) is 3. The summed E-state index contributed by atoms with van der Waals surface area (Å²) in [5.74, 6) is -1.30. The lowest BCUT2D eigenvalue weighted by Gasteiger charge is -2.30. The van der Waals surface area contributed by atoms with Gasteiger partial charge in [0.25, 0.3) is 0 Å². The van der Waals surface area contributed by atoms with Crippen LogP contribution in [0.1, 0.15) is 25.8 Å². The number of nitrogens with zero attached hydrogens (tertiary/aromatic N) is 1. The van der Waals surface area contributed by atoms with Crippen molar-refractivity contribution >= 4 is 15.9 Å². The molecular formula is C22H26F2N2O3S. The molecule has 2 aromatic rings. The average molecular weight is 437 g/mol. The molecule has 2 atom stereocenters. The zero-order chi connectivity index (χ0) is 22.1. The van der Waals surface area contributed by atoms with Crippen LogP contribution in [0, 0.1) is 17.6 Å². The molecule has 1 amide bonds. The Bertz CT molecular complexity index is 1040. The number of halogens is 2. The first kappa shape index (κ1) is 22.4. The topological polar surface area (TPSA) is 66.5 Å². The van der Waals surface area contributed by atoms with Gasteiger partial charge in [-0.3, -0.25) is 4.79 Å². The third-order valence-corrected chi connectivity index (χ3v) is 6.03. The monoisotopic (exact) mass is 436 g/mol. The molecule has 1 saturated heterocycles. The molecule has 2 aromatic carbocycles. The summed E-state index contributed by atoms with van der Waals surface area (Å²) in [6, 6.07) is 9.57. The van der Waals surface area contributed by atoms with Gasteiger partial charge in [0.15, 0.2) is 0 Å². The zero-order valence-corrected chi connectivity index (χ0v) is 18.0. The molecule has 30 heavy (non-hydrogen) atoms. The molecule has 0 aromatic heterocycles. The van der Waals surface area contributed by atoms with Gasteiger partial charge in [-0.05, 0) is 42.2 Å². The van der Waals surface area contributed by atoms with Crippen molar-refractivity contribution in [2.24, 2.45) is 5.92 Å². The maximum atomic E-state index is 14.2. The number of hydrogen-bond donors (Lipinski definition) is 1. The van der Waals surface area contributed by atoms with Gasteiger partial charge >= 0.3 is 0 Å². The third-order valence-electron chi connectivity index (χ3n) is 5.30. The Morgan fingerprint density at radius 1 is 1.20 bits per heavy atom. The fourth-order valence-electron chi connectivity index (χ4n) is 3.95. The molecule has 162 valence electrons. The van der Waals surface area contributed by atoms with Crippen LogP contribution in [-0.2, 0) is 21.2 Å². The molecule has 0 spiro atoms. The van der Waals surface area contributed by atoms with E-state index in [-0.39, 0.29) is 23.4 Å². The quantitative estimate of drug-likeness (QED) is 0.755. The Kier molecular flexibility index (Phi) is 6.57. The lowest BCUT2D eigenvalue weighted by molar-refractivity contribution is -0.135. The molecule has 1 aliphatic heterocycles. The maximum Gasteiger partial charge on any atom is 0.225 e. The number of rotatable bonds is 6. The highest BCUT2D eigenvalue weighted by atomic mass is 32.2. The summed E-state index contributed by atoms with van der Waals surface area (Å²) in [4.78, 5) is 14.4. The number of nitrogens with one attached hydrogen (secondary N) is 1. The molecule has 0 unspecified atom stereocenters. The fraction of sp³-hybridized carbons (Fsp3) is 0.409. The Hall–Kier alpha value is -2.32. The summed E-state index contributed by atoms with van der Waals surface area (Å²) in [5, 5.41) is 0. The smallest absolute Gasteiger partial charge is 0.225 e. The van der Waals surface area contributed by atoms with E-state index in [0.29, 0.717) is 24.9 Å². The van der Waals surface area contributed by atoms with Crippen LogP contribution in [0.15, 0.2) is 42.5 Å². The number of sulfonamides is 1. The van der Waals surface area contributed by atoms with Crippen molar-refractivity contribution in [3.05, 3.63) is 59.7 Å². The second-order valence-electron chi connectivity index (χ2n) is 8.07. The fourth-order valence-corrected chi connectivity index (χ4v) is 4.77. The molecule has 8 heteroatoms. The van der Waals surface area contributed by atoms with E-state index < -0.39 is 27.7 Å². The molecule has 0 radical (unpaired) electrons. The maximum absolute atomic E-state index is 14.2. The van der Waals surface area contributed by atoms with Gasteiger partial charge in [-0.15, -0.1) is 0 Å². The molecule has 0 saturated carbocycles. The highest BCUT2D eigenvalue weighted by molar-refractivity contribution is 7.88. The van der Waals surface area contributed by atoms with Crippen LogP contribution in [0.3, 0.4) is 0 Å². The minimum Gasteiger partial charge on any atom is -0.337 e. The first-order valence-electron chi connectivity index (χ1n) is 9.87. The molecule has 1 heterocycles. The predicted octanol–water partition coefficient (Wildman–Crippen LogP) is 3.35. The Labute approximate surface area is 176 Å². The second kappa shape index (κ2) is 8.81. The van der Waals surface area contributed by atoms with Crippen LogP contribution in [-0.4, -0.2) is 44.1 Å². The van der Waals surface area contributed by atoms with E-state index in [4.69, 9.17) is 0 Å². The van der Waals surface area contributed by atoms with Gasteiger partial charge in [0, 0.05) is 24.1 Å². The van der Waals surface area contributed by atoms with Crippen LogP contribution in [0.5, 0.6) is 0 Å². The second-order valence-corrected chi connectivity index (χ2v) is 9.85. The van der Waals surface area contributed by atoms with Gasteiger partial charge in [0.05, 0.1) is 12.3 Å². The Balaban J connectivity index is 1.92. The normalized spacial score (nSPS) is 19.5. The number of likely N-dealkylation sites (tertiary alicyclic amines) is 1. The standard InChI is InChI=1S/C22H26F2N2O3S/c1-14(2)22(27)26-10-9-20(25-30(3,28)29)21(26)12-15-5-4-6-16(11-15)18-13-17(23)7-8-19(18)24/h4-8,11,13-14,20-21,25H,9-10,12H2,1-3H3/t20-,21-/m1/s1. The van der Waals surface area contributed by atoms with Gasteiger partial charge in [-0.1, -0.05) is 38.1 Å². The summed E-state index contributed by atoms with van der Waals surface area (Å²) in [5.41, 5.74) is 1.49. The molecule has 3 rings (SSSR count). The van der Waals surface area contributed by atoms with Gasteiger partial charge in [0.1, 0.15) is 11.6 Å². The van der Waals surface area contributed by atoms with Crippen molar-refractivity contribution in [3.63, 3.8) is 0 Å². The first-order chi connectivity index (χ1) is 14.0. The lowest BCUT2D eigenvalue weighted by atomic mass is 9.96. The van der Waals surface area contributed by atoms with Crippen molar-refractivity contribution in [1.29, 1.82) is 0 Å². The van der Waals surface area contributed by atoms with Crippen molar-refractivity contribution in [2.75, 3.05) is 12.8 Å². The summed E-state index contributed by atoms with van der Waals surface area (Å²) in [6.07, 6.45) is 2.02. The zero-order valence-electron chi connectivity index (χ0n) is 17.2. The number of amides is 1. The summed E-state index contributed by atoms with van der Waals surface area (Å²) < 4.78 is 54.1. The first-order valence-corrected chi connectivity index (χ1v) is 11.8. The third kappa shape index (κ3) is 5.23. The number of carbonyl (C=O) groups is 1. The van der Waals surface area contributed by atoms with E-state index in [9.17, 15) is 22.0 Å². The average Bonchev–Trinajstić information content (AvgIpc) is 3.03. The van der Waals surface area contributed by atoms with Crippen molar-refractivity contribution in [2.45, 2.75) is 38.8 Å². The predicted molar refractivity (Wildman–Crippen MR) is 112 cm³/mol. The SMILES string of the molecule is CC(C)C(=O)N1CC[C@@H](NS(C)(=O)=O)[C@H]1Cc1cccc(-c2cc(F)ccc2F)c1. The minimum atomic E-state index is -3.44. The van der Waals surface area contributed by atoms with Crippen molar-refractivity contribution in [3.8, 4) is 11.1 Å². The van der Waals surface area contributed by atoms with Gasteiger partial charge in [-0.25, -0.2) is 21.9 Å².